The fraction of sp³-hybridized carbons (Fsp3) is 0.438. The minimum absolute atomic E-state index is 0.0396. The molecule has 0 radical (unpaired) electrons. The second kappa shape index (κ2) is 5.86. The molecule has 10 heteroatoms. The summed E-state index contributed by atoms with van der Waals surface area (Å²) in [5.41, 5.74) is 6.17. The molecule has 0 unspecified atom stereocenters. The van der Waals surface area contributed by atoms with E-state index in [2.05, 4.69) is 10.1 Å². The van der Waals surface area contributed by atoms with Crippen molar-refractivity contribution in [3.05, 3.63) is 29.6 Å². The zero-order valence-corrected chi connectivity index (χ0v) is 15.0. The smallest absolute Gasteiger partial charge is 0.269 e. The Kier molecular flexibility index (Phi) is 3.86. The van der Waals surface area contributed by atoms with Gasteiger partial charge in [-0.15, -0.1) is 0 Å². The van der Waals surface area contributed by atoms with E-state index < -0.39 is 21.5 Å². The van der Waals surface area contributed by atoms with E-state index in [4.69, 9.17) is 15.0 Å². The molecule has 1 aliphatic heterocycles. The summed E-state index contributed by atoms with van der Waals surface area (Å²) in [5, 5.41) is 3.93. The fourth-order valence-corrected chi connectivity index (χ4v) is 4.71. The highest BCUT2D eigenvalue weighted by molar-refractivity contribution is 7.90. The van der Waals surface area contributed by atoms with Crippen LogP contribution in [0.15, 0.2) is 27.6 Å². The maximum absolute atomic E-state index is 12.7. The number of sulfonamides is 1. The normalized spacial score (nSPS) is 20.1. The molecule has 4 rings (SSSR count). The molecule has 1 aromatic carbocycles. The molecule has 1 saturated carbocycles. The molecule has 0 bridgehead atoms. The van der Waals surface area contributed by atoms with Crippen molar-refractivity contribution >= 4 is 15.9 Å². The Hall–Kier alpha value is -2.30. The van der Waals surface area contributed by atoms with Crippen LogP contribution in [0, 0.1) is 0 Å². The Balaban J connectivity index is 1.70. The molecule has 1 aliphatic carbocycles. The number of ether oxygens (including phenoxy) is 1. The molecule has 138 valence electrons. The minimum Gasteiger partial charge on any atom is -0.383 e. The molecule has 26 heavy (non-hydrogen) atoms. The number of nitrogens with two attached hydrogens (primary N) is 1. The van der Waals surface area contributed by atoms with Crippen LogP contribution in [0.5, 0.6) is 0 Å². The van der Waals surface area contributed by atoms with Crippen LogP contribution in [0.25, 0.3) is 11.5 Å². The van der Waals surface area contributed by atoms with Gasteiger partial charge in [0.25, 0.3) is 21.8 Å². The van der Waals surface area contributed by atoms with Crippen LogP contribution in [0.3, 0.4) is 0 Å². The highest BCUT2D eigenvalue weighted by Crippen LogP contribution is 2.38. The Morgan fingerprint density at radius 2 is 2.15 bits per heavy atom. The average molecular weight is 378 g/mol. The average Bonchev–Trinajstić information content (AvgIpc) is 3.15. The number of aromatic nitrogens is 2. The number of fused-ring (bicyclic) bond motifs is 1. The molecule has 2 aromatic rings. The van der Waals surface area contributed by atoms with Crippen LogP contribution >= 0.6 is 0 Å². The second-order valence-corrected chi connectivity index (χ2v) is 8.35. The van der Waals surface area contributed by atoms with E-state index in [1.807, 2.05) is 0 Å². The van der Waals surface area contributed by atoms with Crippen molar-refractivity contribution in [2.45, 2.75) is 29.7 Å². The highest BCUT2D eigenvalue weighted by atomic mass is 32.2. The van der Waals surface area contributed by atoms with E-state index in [0.717, 1.165) is 23.6 Å². The molecule has 2 N–H and O–H groups in total. The van der Waals surface area contributed by atoms with E-state index in [-0.39, 0.29) is 29.5 Å². The SMILES string of the molecule is COCCN1C(=O)c2ccc(-c3nc(C4(N)CCC4)no3)cc2S1(=O)=O. The molecule has 1 fully saturated rings. The Morgan fingerprint density at radius 3 is 2.81 bits per heavy atom. The van der Waals surface area contributed by atoms with Crippen molar-refractivity contribution in [1.82, 2.24) is 14.4 Å². The van der Waals surface area contributed by atoms with Gasteiger partial charge in [0.2, 0.25) is 0 Å². The van der Waals surface area contributed by atoms with Crippen molar-refractivity contribution in [3.63, 3.8) is 0 Å². The van der Waals surface area contributed by atoms with Gasteiger partial charge in [-0.1, -0.05) is 5.16 Å². The summed E-state index contributed by atoms with van der Waals surface area (Å²) in [4.78, 5) is 16.6. The Labute approximate surface area is 150 Å². The molecular weight excluding hydrogens is 360 g/mol. The van der Waals surface area contributed by atoms with Gasteiger partial charge < -0.3 is 15.0 Å². The van der Waals surface area contributed by atoms with E-state index in [9.17, 15) is 13.2 Å². The molecule has 0 atom stereocenters. The van der Waals surface area contributed by atoms with Crippen molar-refractivity contribution in [3.8, 4) is 11.5 Å². The van der Waals surface area contributed by atoms with Crippen LogP contribution < -0.4 is 5.73 Å². The van der Waals surface area contributed by atoms with Crippen molar-refractivity contribution in [1.29, 1.82) is 0 Å². The van der Waals surface area contributed by atoms with Gasteiger partial charge in [-0.3, -0.25) is 4.79 Å². The number of carbonyl (C=O) groups is 1. The van der Waals surface area contributed by atoms with Gasteiger partial charge in [0.05, 0.1) is 24.3 Å². The number of hydrogen-bond donors (Lipinski definition) is 1. The number of benzene rings is 1. The van der Waals surface area contributed by atoms with Gasteiger partial charge in [0, 0.05) is 12.7 Å². The first kappa shape index (κ1) is 17.1. The standard InChI is InChI=1S/C16H18N4O5S/c1-24-8-7-20-14(21)11-4-3-10(9-12(11)26(20,22)23)13-18-15(19-25-13)16(17)5-2-6-16/h3-4,9H,2,5-8,17H2,1H3. The first-order valence-electron chi connectivity index (χ1n) is 8.20. The number of amides is 1. The maximum atomic E-state index is 12.7. The number of rotatable bonds is 5. The van der Waals surface area contributed by atoms with Crippen molar-refractivity contribution < 1.29 is 22.5 Å². The molecule has 0 spiro atoms. The zero-order valence-electron chi connectivity index (χ0n) is 14.1. The first-order chi connectivity index (χ1) is 12.4. The van der Waals surface area contributed by atoms with Gasteiger partial charge >= 0.3 is 0 Å². The van der Waals surface area contributed by atoms with Gasteiger partial charge in [-0.2, -0.15) is 4.98 Å². The topological polar surface area (TPSA) is 129 Å². The summed E-state index contributed by atoms with van der Waals surface area (Å²) in [6.07, 6.45) is 2.58. The molecular formula is C16H18N4O5S. The monoisotopic (exact) mass is 378 g/mol. The second-order valence-electron chi connectivity index (χ2n) is 6.52. The van der Waals surface area contributed by atoms with Crippen LogP contribution in [0.2, 0.25) is 0 Å². The summed E-state index contributed by atoms with van der Waals surface area (Å²) in [6, 6.07) is 4.44. The largest absolute Gasteiger partial charge is 0.383 e. The summed E-state index contributed by atoms with van der Waals surface area (Å²) >= 11 is 0. The Bertz CT molecular complexity index is 980. The van der Waals surface area contributed by atoms with Gasteiger partial charge in [0.1, 0.15) is 4.90 Å². The molecule has 2 heterocycles. The third-order valence-electron chi connectivity index (χ3n) is 4.87. The predicted molar refractivity (Wildman–Crippen MR) is 89.5 cm³/mol. The number of carbonyl (C=O) groups excluding carboxylic acids is 1. The molecule has 2 aliphatic rings. The van der Waals surface area contributed by atoms with Crippen LogP contribution in [0.4, 0.5) is 0 Å². The van der Waals surface area contributed by atoms with Gasteiger partial charge in [-0.25, -0.2) is 12.7 Å². The maximum Gasteiger partial charge on any atom is 0.269 e. The van der Waals surface area contributed by atoms with E-state index in [1.54, 1.807) is 6.07 Å². The number of hydrogen-bond acceptors (Lipinski definition) is 8. The van der Waals surface area contributed by atoms with Crippen LogP contribution in [0.1, 0.15) is 35.4 Å². The van der Waals surface area contributed by atoms with E-state index >= 15 is 0 Å². The summed E-state index contributed by atoms with van der Waals surface area (Å²) in [6.45, 7) is 0.0828. The van der Waals surface area contributed by atoms with Crippen LogP contribution in [-0.4, -0.2) is 49.0 Å². The first-order valence-corrected chi connectivity index (χ1v) is 9.64. The lowest BCUT2D eigenvalue weighted by Gasteiger charge is -2.34. The van der Waals surface area contributed by atoms with Crippen molar-refractivity contribution in [2.24, 2.45) is 5.73 Å². The lowest BCUT2D eigenvalue weighted by atomic mass is 9.77. The minimum atomic E-state index is -3.92. The molecule has 9 nitrogen and oxygen atoms in total. The van der Waals surface area contributed by atoms with Crippen molar-refractivity contribution in [2.75, 3.05) is 20.3 Å². The van der Waals surface area contributed by atoms with Gasteiger partial charge in [-0.05, 0) is 37.5 Å². The van der Waals surface area contributed by atoms with E-state index in [0.29, 0.717) is 11.4 Å². The molecule has 1 aromatic heterocycles. The third kappa shape index (κ3) is 2.44. The summed E-state index contributed by atoms with van der Waals surface area (Å²) < 4.78 is 36.3. The van der Waals surface area contributed by atoms with Crippen LogP contribution in [-0.2, 0) is 20.3 Å². The summed E-state index contributed by atoms with van der Waals surface area (Å²) in [7, 11) is -2.48. The lowest BCUT2D eigenvalue weighted by Crippen LogP contribution is -2.44. The predicted octanol–water partition coefficient (Wildman–Crippen LogP) is 0.865. The summed E-state index contributed by atoms with van der Waals surface area (Å²) in [5.74, 6) is 0.0302. The number of methoxy groups -OCH3 is 1. The quantitative estimate of drug-likeness (QED) is 0.811. The third-order valence-corrected chi connectivity index (χ3v) is 6.69. The van der Waals surface area contributed by atoms with E-state index in [1.165, 1.54) is 19.2 Å². The molecule has 0 saturated heterocycles. The number of nitrogens with zero attached hydrogens (tertiary/aromatic N) is 3. The fourth-order valence-electron chi connectivity index (χ4n) is 3.13. The zero-order chi connectivity index (χ0) is 18.5. The highest BCUT2D eigenvalue weighted by Gasteiger charge is 2.42. The molecule has 1 amide bonds. The lowest BCUT2D eigenvalue weighted by molar-refractivity contribution is 0.0837. The van der Waals surface area contributed by atoms with Gasteiger partial charge in [0.15, 0.2) is 5.82 Å². The Morgan fingerprint density at radius 1 is 1.38 bits per heavy atom.